The first-order valence-electron chi connectivity index (χ1n) is 6.62. The van der Waals surface area contributed by atoms with E-state index >= 15 is 0 Å². The Morgan fingerprint density at radius 1 is 1.33 bits per heavy atom. The van der Waals surface area contributed by atoms with Gasteiger partial charge in [-0.1, -0.05) is 26.0 Å². The molecule has 1 heterocycles. The topological polar surface area (TPSA) is 29.9 Å². The van der Waals surface area contributed by atoms with Crippen molar-refractivity contribution in [2.45, 2.75) is 33.2 Å². The fraction of sp³-hybridized carbons (Fsp3) is 0.400. The monoisotopic (exact) mass is 243 g/mol. The number of benzene rings is 1. The minimum atomic E-state index is 0.378. The van der Waals surface area contributed by atoms with Crippen molar-refractivity contribution >= 4 is 0 Å². The minimum absolute atomic E-state index is 0.378. The number of imidazole rings is 1. The zero-order valence-electron chi connectivity index (χ0n) is 11.4. The van der Waals surface area contributed by atoms with Gasteiger partial charge in [-0.05, 0) is 31.2 Å². The van der Waals surface area contributed by atoms with Crippen molar-refractivity contribution in [2.24, 2.45) is 0 Å². The third kappa shape index (κ3) is 2.62. The van der Waals surface area contributed by atoms with Gasteiger partial charge in [0.1, 0.15) is 5.82 Å². The molecule has 0 aliphatic heterocycles. The maximum Gasteiger partial charge on any atom is 0.112 e. The van der Waals surface area contributed by atoms with Crippen molar-refractivity contribution in [3.05, 3.63) is 48.0 Å². The summed E-state index contributed by atoms with van der Waals surface area (Å²) in [6, 6.07) is 9.01. The summed E-state index contributed by atoms with van der Waals surface area (Å²) in [5.41, 5.74) is 2.50. The van der Waals surface area contributed by atoms with Crippen LogP contribution in [0.5, 0.6) is 0 Å². The van der Waals surface area contributed by atoms with Crippen LogP contribution in [0.2, 0.25) is 0 Å². The summed E-state index contributed by atoms with van der Waals surface area (Å²) >= 11 is 0. The molecule has 3 nitrogen and oxygen atoms in total. The van der Waals surface area contributed by atoms with E-state index in [1.54, 1.807) is 0 Å². The SMILES string of the molecule is CCNC(C)c1cccc(-n2ccnc2CC)c1. The van der Waals surface area contributed by atoms with Crippen LogP contribution >= 0.6 is 0 Å². The predicted molar refractivity (Wildman–Crippen MR) is 75.0 cm³/mol. The second kappa shape index (κ2) is 5.83. The fourth-order valence-electron chi connectivity index (χ4n) is 2.20. The number of nitrogens with zero attached hydrogens (tertiary/aromatic N) is 2. The second-order valence-electron chi connectivity index (χ2n) is 4.44. The van der Waals surface area contributed by atoms with Gasteiger partial charge in [0, 0.05) is 30.5 Å². The van der Waals surface area contributed by atoms with E-state index in [-0.39, 0.29) is 0 Å². The molecule has 1 aromatic carbocycles. The molecule has 0 radical (unpaired) electrons. The van der Waals surface area contributed by atoms with Gasteiger partial charge in [0.25, 0.3) is 0 Å². The summed E-state index contributed by atoms with van der Waals surface area (Å²) in [5.74, 6) is 1.10. The molecule has 0 amide bonds. The summed E-state index contributed by atoms with van der Waals surface area (Å²) in [7, 11) is 0. The highest BCUT2D eigenvalue weighted by Gasteiger charge is 2.07. The van der Waals surface area contributed by atoms with Gasteiger partial charge in [-0.15, -0.1) is 0 Å². The molecule has 1 atom stereocenters. The first-order chi connectivity index (χ1) is 8.76. The molecule has 0 spiro atoms. The van der Waals surface area contributed by atoms with E-state index < -0.39 is 0 Å². The lowest BCUT2D eigenvalue weighted by Gasteiger charge is -2.15. The smallest absolute Gasteiger partial charge is 0.112 e. The zero-order chi connectivity index (χ0) is 13.0. The Morgan fingerprint density at radius 2 is 2.17 bits per heavy atom. The Hall–Kier alpha value is -1.61. The Kier molecular flexibility index (Phi) is 4.15. The van der Waals surface area contributed by atoms with E-state index in [2.05, 4.69) is 59.9 Å². The molecule has 18 heavy (non-hydrogen) atoms. The van der Waals surface area contributed by atoms with Crippen LogP contribution in [0.4, 0.5) is 0 Å². The number of rotatable bonds is 5. The molecule has 2 aromatic rings. The largest absolute Gasteiger partial charge is 0.310 e. The molecule has 0 aliphatic carbocycles. The molecule has 0 bridgehead atoms. The van der Waals surface area contributed by atoms with E-state index in [4.69, 9.17) is 0 Å². The van der Waals surface area contributed by atoms with Crippen molar-refractivity contribution in [3.8, 4) is 5.69 Å². The molecule has 0 aliphatic rings. The number of aryl methyl sites for hydroxylation is 1. The van der Waals surface area contributed by atoms with E-state index in [9.17, 15) is 0 Å². The fourth-order valence-corrected chi connectivity index (χ4v) is 2.20. The Labute approximate surface area is 109 Å². The molecule has 1 unspecified atom stereocenters. The highest BCUT2D eigenvalue weighted by Crippen LogP contribution is 2.18. The first-order valence-corrected chi connectivity index (χ1v) is 6.62. The van der Waals surface area contributed by atoms with Gasteiger partial charge in [-0.25, -0.2) is 4.98 Å². The van der Waals surface area contributed by atoms with Crippen LogP contribution in [-0.2, 0) is 6.42 Å². The van der Waals surface area contributed by atoms with Gasteiger partial charge in [0.15, 0.2) is 0 Å². The molecule has 2 rings (SSSR count). The van der Waals surface area contributed by atoms with Gasteiger partial charge in [-0.3, -0.25) is 0 Å². The highest BCUT2D eigenvalue weighted by atomic mass is 15.1. The van der Waals surface area contributed by atoms with Crippen LogP contribution in [0.15, 0.2) is 36.7 Å². The Morgan fingerprint density at radius 3 is 2.89 bits per heavy atom. The molecule has 1 N–H and O–H groups in total. The predicted octanol–water partition coefficient (Wildman–Crippen LogP) is 3.11. The second-order valence-corrected chi connectivity index (χ2v) is 4.44. The van der Waals surface area contributed by atoms with Crippen LogP contribution in [-0.4, -0.2) is 16.1 Å². The summed E-state index contributed by atoms with van der Waals surface area (Å²) in [4.78, 5) is 4.37. The standard InChI is InChI=1S/C15H21N3/c1-4-15-17-9-10-18(15)14-8-6-7-13(11-14)12(3)16-5-2/h6-12,16H,4-5H2,1-3H3. The van der Waals surface area contributed by atoms with E-state index in [1.165, 1.54) is 11.3 Å². The maximum absolute atomic E-state index is 4.37. The van der Waals surface area contributed by atoms with Crippen LogP contribution in [0.3, 0.4) is 0 Å². The molecular formula is C15H21N3. The Balaban J connectivity index is 2.32. The van der Waals surface area contributed by atoms with Crippen molar-refractivity contribution < 1.29 is 0 Å². The van der Waals surface area contributed by atoms with Crippen LogP contribution < -0.4 is 5.32 Å². The van der Waals surface area contributed by atoms with Crippen LogP contribution in [0, 0.1) is 0 Å². The summed E-state index contributed by atoms with van der Waals surface area (Å²) in [5, 5.41) is 3.44. The average molecular weight is 243 g/mol. The number of nitrogens with one attached hydrogen (secondary N) is 1. The number of aromatic nitrogens is 2. The van der Waals surface area contributed by atoms with Crippen LogP contribution in [0.1, 0.15) is 38.2 Å². The average Bonchev–Trinajstić information content (AvgIpc) is 2.87. The molecule has 3 heteroatoms. The molecule has 0 saturated carbocycles. The maximum atomic E-state index is 4.37. The van der Waals surface area contributed by atoms with E-state index in [1.807, 2.05) is 12.4 Å². The summed E-state index contributed by atoms with van der Waals surface area (Å²) in [6.07, 6.45) is 4.83. The lowest BCUT2D eigenvalue weighted by atomic mass is 10.1. The van der Waals surface area contributed by atoms with Crippen molar-refractivity contribution in [1.29, 1.82) is 0 Å². The van der Waals surface area contributed by atoms with E-state index in [0.717, 1.165) is 18.8 Å². The third-order valence-corrected chi connectivity index (χ3v) is 3.19. The molecule has 1 aromatic heterocycles. The summed E-state index contributed by atoms with van der Waals surface area (Å²) < 4.78 is 2.15. The van der Waals surface area contributed by atoms with Gasteiger partial charge >= 0.3 is 0 Å². The normalized spacial score (nSPS) is 12.6. The van der Waals surface area contributed by atoms with Gasteiger partial charge in [0.2, 0.25) is 0 Å². The molecule has 0 fully saturated rings. The third-order valence-electron chi connectivity index (χ3n) is 3.19. The minimum Gasteiger partial charge on any atom is -0.310 e. The zero-order valence-corrected chi connectivity index (χ0v) is 11.4. The molecule has 96 valence electrons. The summed E-state index contributed by atoms with van der Waals surface area (Å²) in [6.45, 7) is 7.43. The van der Waals surface area contributed by atoms with E-state index in [0.29, 0.717) is 6.04 Å². The highest BCUT2D eigenvalue weighted by molar-refractivity contribution is 5.38. The van der Waals surface area contributed by atoms with Crippen molar-refractivity contribution in [1.82, 2.24) is 14.9 Å². The number of hydrogen-bond donors (Lipinski definition) is 1. The quantitative estimate of drug-likeness (QED) is 0.874. The lowest BCUT2D eigenvalue weighted by Crippen LogP contribution is -2.17. The van der Waals surface area contributed by atoms with Gasteiger partial charge in [0.05, 0.1) is 0 Å². The van der Waals surface area contributed by atoms with Crippen molar-refractivity contribution in [3.63, 3.8) is 0 Å². The molecule has 0 saturated heterocycles. The van der Waals surface area contributed by atoms with Gasteiger partial charge < -0.3 is 9.88 Å². The first kappa shape index (κ1) is 12.8. The Bertz CT molecular complexity index is 502. The lowest BCUT2D eigenvalue weighted by molar-refractivity contribution is 0.598. The van der Waals surface area contributed by atoms with Crippen LogP contribution in [0.25, 0.3) is 5.69 Å². The molecular weight excluding hydrogens is 222 g/mol. The van der Waals surface area contributed by atoms with Gasteiger partial charge in [-0.2, -0.15) is 0 Å². The van der Waals surface area contributed by atoms with Crippen molar-refractivity contribution in [2.75, 3.05) is 6.54 Å². The number of hydrogen-bond acceptors (Lipinski definition) is 2.